The molecule has 2 nitrogen and oxygen atoms in total. The third kappa shape index (κ3) is 1.98. The fourth-order valence-corrected chi connectivity index (χ4v) is 3.89. The van der Waals surface area contributed by atoms with Crippen molar-refractivity contribution < 1.29 is 9.53 Å². The largest absolute Gasteiger partial charge is 0.493 e. The molecule has 2 aromatic carbocycles. The van der Waals surface area contributed by atoms with Crippen molar-refractivity contribution in [2.75, 3.05) is 6.61 Å². The van der Waals surface area contributed by atoms with Crippen LogP contribution < -0.4 is 4.74 Å². The Bertz CT molecular complexity index is 732. The second kappa shape index (κ2) is 5.13. The Morgan fingerprint density at radius 2 is 1.77 bits per heavy atom. The minimum Gasteiger partial charge on any atom is -0.493 e. The van der Waals surface area contributed by atoms with E-state index in [9.17, 15) is 4.79 Å². The lowest BCUT2D eigenvalue weighted by atomic mass is 9.61. The summed E-state index contributed by atoms with van der Waals surface area (Å²) in [5.41, 5.74) is 2.31. The Balaban J connectivity index is 1.91. The third-order valence-corrected chi connectivity index (χ3v) is 4.96. The van der Waals surface area contributed by atoms with E-state index in [1.165, 1.54) is 11.1 Å². The van der Waals surface area contributed by atoms with Crippen LogP contribution in [0.25, 0.3) is 0 Å². The molecule has 2 aromatic rings. The molecule has 0 unspecified atom stereocenters. The van der Waals surface area contributed by atoms with Gasteiger partial charge in [-0.2, -0.15) is 0 Å². The van der Waals surface area contributed by atoms with Gasteiger partial charge in [-0.15, -0.1) is 0 Å². The number of allylic oxidation sites excluding steroid dienone is 2. The zero-order valence-electron chi connectivity index (χ0n) is 12.4. The minimum absolute atomic E-state index is 0.135. The zero-order chi connectivity index (χ0) is 15.0. The molecule has 0 bridgehead atoms. The number of carbonyl (C=O) groups is 1. The highest BCUT2D eigenvalue weighted by atomic mass is 16.5. The third-order valence-electron chi connectivity index (χ3n) is 4.96. The first-order valence-electron chi connectivity index (χ1n) is 7.79. The Morgan fingerprint density at radius 1 is 1.00 bits per heavy atom. The number of rotatable bonds is 1. The molecule has 0 saturated heterocycles. The molecule has 22 heavy (non-hydrogen) atoms. The molecule has 1 aliphatic heterocycles. The first-order chi connectivity index (χ1) is 10.8. The molecule has 1 heterocycles. The topological polar surface area (TPSA) is 26.3 Å². The Labute approximate surface area is 130 Å². The first-order valence-corrected chi connectivity index (χ1v) is 7.79. The van der Waals surface area contributed by atoms with Crippen LogP contribution in [0.1, 0.15) is 29.9 Å². The normalized spacial score (nSPS) is 26.5. The second-order valence-corrected chi connectivity index (χ2v) is 6.10. The summed E-state index contributed by atoms with van der Waals surface area (Å²) in [6.45, 7) is 0.693. The first kappa shape index (κ1) is 13.3. The maximum absolute atomic E-state index is 12.1. The fraction of sp³-hybridized carbons (Fsp3) is 0.250. The molecule has 1 spiro atoms. The van der Waals surface area contributed by atoms with Crippen LogP contribution in [0.4, 0.5) is 0 Å². The van der Waals surface area contributed by atoms with E-state index in [-0.39, 0.29) is 17.1 Å². The lowest BCUT2D eigenvalue weighted by Gasteiger charge is -2.44. The summed E-state index contributed by atoms with van der Waals surface area (Å²) in [4.78, 5) is 12.1. The average Bonchev–Trinajstić information content (AvgIpc) is 2.58. The highest BCUT2D eigenvalue weighted by molar-refractivity contribution is 5.92. The number of ether oxygens (including phenoxy) is 1. The van der Waals surface area contributed by atoms with Crippen molar-refractivity contribution in [2.45, 2.75) is 24.2 Å². The molecule has 0 radical (unpaired) electrons. The van der Waals surface area contributed by atoms with Gasteiger partial charge in [0, 0.05) is 23.3 Å². The predicted octanol–water partition coefficient (Wildman–Crippen LogP) is 4.02. The van der Waals surface area contributed by atoms with E-state index in [0.717, 1.165) is 12.2 Å². The van der Waals surface area contributed by atoms with Crippen LogP contribution in [0.5, 0.6) is 5.75 Å². The predicted molar refractivity (Wildman–Crippen MR) is 86.2 cm³/mol. The summed E-state index contributed by atoms with van der Waals surface area (Å²) in [5.74, 6) is 1.34. The summed E-state index contributed by atoms with van der Waals surface area (Å²) in [6.07, 6.45) is 5.36. The van der Waals surface area contributed by atoms with Crippen molar-refractivity contribution in [3.8, 4) is 5.75 Å². The highest BCUT2D eigenvalue weighted by Gasteiger charge is 2.45. The molecule has 0 fully saturated rings. The van der Waals surface area contributed by atoms with Gasteiger partial charge in [-0.3, -0.25) is 4.79 Å². The van der Waals surface area contributed by atoms with Gasteiger partial charge < -0.3 is 4.74 Å². The van der Waals surface area contributed by atoms with Crippen LogP contribution in [-0.4, -0.2) is 12.4 Å². The molecule has 0 amide bonds. The minimum atomic E-state index is -0.135. The van der Waals surface area contributed by atoms with Crippen molar-refractivity contribution in [1.29, 1.82) is 0 Å². The smallest absolute Gasteiger partial charge is 0.156 e. The Kier molecular flexibility index (Phi) is 3.11. The molecule has 2 aliphatic rings. The summed E-state index contributed by atoms with van der Waals surface area (Å²) in [6, 6.07) is 18.6. The Hall–Kier alpha value is -2.35. The van der Waals surface area contributed by atoms with E-state index >= 15 is 0 Å². The van der Waals surface area contributed by atoms with E-state index in [1.807, 2.05) is 18.2 Å². The molecule has 0 saturated carbocycles. The standard InChI is InChI=1S/C20H18O2/c21-16-10-11-20(18(14-16)15-6-2-1-3-7-15)12-13-22-19-9-5-4-8-17(19)20/h1-11,18H,12-14H2/t18-,20+/m1/s1. The quantitative estimate of drug-likeness (QED) is 0.793. The molecule has 4 rings (SSSR count). The second-order valence-electron chi connectivity index (χ2n) is 6.10. The maximum Gasteiger partial charge on any atom is 0.156 e. The Morgan fingerprint density at radius 3 is 2.64 bits per heavy atom. The van der Waals surface area contributed by atoms with Gasteiger partial charge in [0.05, 0.1) is 6.61 Å². The van der Waals surface area contributed by atoms with Crippen LogP contribution in [0.15, 0.2) is 66.7 Å². The zero-order valence-corrected chi connectivity index (χ0v) is 12.4. The lowest BCUT2D eigenvalue weighted by Crippen LogP contribution is -2.40. The number of fused-ring (bicyclic) bond motifs is 2. The van der Waals surface area contributed by atoms with Gasteiger partial charge in [0.2, 0.25) is 0 Å². The molecule has 2 heteroatoms. The molecule has 0 N–H and O–H groups in total. The molecule has 110 valence electrons. The number of hydrogen-bond acceptors (Lipinski definition) is 2. The van der Waals surface area contributed by atoms with Crippen molar-refractivity contribution >= 4 is 5.78 Å². The number of para-hydroxylation sites is 1. The SMILES string of the molecule is O=C1C=C[C@@]2(CCOc3ccccc32)[C@@H](c2ccccc2)C1. The summed E-state index contributed by atoms with van der Waals surface area (Å²) in [7, 11) is 0. The van der Waals surface area contributed by atoms with Crippen LogP contribution >= 0.6 is 0 Å². The van der Waals surface area contributed by atoms with Crippen molar-refractivity contribution in [2.24, 2.45) is 0 Å². The van der Waals surface area contributed by atoms with Crippen molar-refractivity contribution in [1.82, 2.24) is 0 Å². The summed E-state index contributed by atoms with van der Waals surface area (Å²) < 4.78 is 5.84. The van der Waals surface area contributed by atoms with E-state index in [1.54, 1.807) is 6.08 Å². The number of ketones is 1. The number of carbonyl (C=O) groups excluding carboxylic acids is 1. The number of hydrogen-bond donors (Lipinski definition) is 0. The van der Waals surface area contributed by atoms with Crippen LogP contribution in [0.2, 0.25) is 0 Å². The number of benzene rings is 2. The molecule has 2 atom stereocenters. The molecular weight excluding hydrogens is 272 g/mol. The van der Waals surface area contributed by atoms with Gasteiger partial charge >= 0.3 is 0 Å². The van der Waals surface area contributed by atoms with Crippen LogP contribution in [-0.2, 0) is 10.2 Å². The van der Waals surface area contributed by atoms with Crippen molar-refractivity contribution in [3.63, 3.8) is 0 Å². The van der Waals surface area contributed by atoms with Gasteiger partial charge in [0.25, 0.3) is 0 Å². The van der Waals surface area contributed by atoms with Crippen molar-refractivity contribution in [3.05, 3.63) is 77.9 Å². The highest BCUT2D eigenvalue weighted by Crippen LogP contribution is 2.52. The monoisotopic (exact) mass is 290 g/mol. The van der Waals surface area contributed by atoms with Gasteiger partial charge in [0.1, 0.15) is 5.75 Å². The van der Waals surface area contributed by atoms with E-state index < -0.39 is 0 Å². The van der Waals surface area contributed by atoms with Crippen LogP contribution in [0, 0.1) is 0 Å². The fourth-order valence-electron chi connectivity index (χ4n) is 3.89. The van der Waals surface area contributed by atoms with Crippen LogP contribution in [0.3, 0.4) is 0 Å². The van der Waals surface area contributed by atoms with Gasteiger partial charge in [-0.05, 0) is 24.1 Å². The lowest BCUT2D eigenvalue weighted by molar-refractivity contribution is -0.115. The van der Waals surface area contributed by atoms with Gasteiger partial charge in [0.15, 0.2) is 5.78 Å². The van der Waals surface area contributed by atoms with E-state index in [4.69, 9.17) is 4.74 Å². The molecular formula is C20H18O2. The van der Waals surface area contributed by atoms with Gasteiger partial charge in [-0.1, -0.05) is 54.6 Å². The average molecular weight is 290 g/mol. The molecule has 1 aliphatic carbocycles. The van der Waals surface area contributed by atoms with Gasteiger partial charge in [-0.25, -0.2) is 0 Å². The summed E-state index contributed by atoms with van der Waals surface area (Å²) >= 11 is 0. The summed E-state index contributed by atoms with van der Waals surface area (Å²) in [5, 5.41) is 0. The van der Waals surface area contributed by atoms with E-state index in [0.29, 0.717) is 13.0 Å². The maximum atomic E-state index is 12.1. The molecule has 0 aromatic heterocycles. The van der Waals surface area contributed by atoms with E-state index in [2.05, 4.69) is 42.5 Å².